The predicted octanol–water partition coefficient (Wildman–Crippen LogP) is 2.89. The Morgan fingerprint density at radius 2 is 2.31 bits per heavy atom. The van der Waals surface area contributed by atoms with E-state index < -0.39 is 0 Å². The van der Waals surface area contributed by atoms with E-state index in [4.69, 9.17) is 16.3 Å². The first-order valence-electron chi connectivity index (χ1n) is 4.96. The highest BCUT2D eigenvalue weighted by molar-refractivity contribution is 6.30. The van der Waals surface area contributed by atoms with Crippen molar-refractivity contribution in [2.24, 2.45) is 0 Å². The van der Waals surface area contributed by atoms with E-state index in [0.29, 0.717) is 11.6 Å². The second kappa shape index (κ2) is 3.68. The summed E-state index contributed by atoms with van der Waals surface area (Å²) >= 11 is 5.99. The number of fused-ring (bicyclic) bond motifs is 1. The molecule has 1 aromatic heterocycles. The molecule has 0 saturated heterocycles. The summed E-state index contributed by atoms with van der Waals surface area (Å²) in [5.74, 6) is 0.858. The molecular formula is C12H9ClN2O. The third-order valence-corrected chi connectivity index (χ3v) is 2.78. The molecule has 1 N–H and O–H groups in total. The van der Waals surface area contributed by atoms with E-state index in [1.54, 1.807) is 12.5 Å². The first-order valence-corrected chi connectivity index (χ1v) is 5.34. The van der Waals surface area contributed by atoms with E-state index in [1.807, 2.05) is 24.3 Å². The van der Waals surface area contributed by atoms with Crippen molar-refractivity contribution >= 4 is 17.2 Å². The average molecular weight is 233 g/mol. The molecule has 3 rings (SSSR count). The maximum absolute atomic E-state index is 5.99. The Hall–Kier alpha value is -1.74. The summed E-state index contributed by atoms with van der Waals surface area (Å²) in [7, 11) is 0. The Kier molecular flexibility index (Phi) is 2.18. The number of halogens is 1. The van der Waals surface area contributed by atoms with Gasteiger partial charge in [0, 0.05) is 16.2 Å². The van der Waals surface area contributed by atoms with Gasteiger partial charge in [-0.1, -0.05) is 11.6 Å². The quantitative estimate of drug-likeness (QED) is 0.821. The molecule has 0 unspecified atom stereocenters. The number of H-pyrrole nitrogens is 1. The van der Waals surface area contributed by atoms with Gasteiger partial charge in [0.25, 0.3) is 0 Å². The summed E-state index contributed by atoms with van der Waals surface area (Å²) in [6.07, 6.45) is 5.48. The lowest BCUT2D eigenvalue weighted by Gasteiger charge is -2.17. The fourth-order valence-corrected chi connectivity index (χ4v) is 1.99. The minimum Gasteiger partial charge on any atom is -0.489 e. The number of aromatic amines is 1. The van der Waals surface area contributed by atoms with Gasteiger partial charge in [0.05, 0.1) is 18.2 Å². The van der Waals surface area contributed by atoms with Crippen LogP contribution in [-0.4, -0.2) is 16.6 Å². The Balaban J connectivity index is 2.16. The summed E-state index contributed by atoms with van der Waals surface area (Å²) in [5, 5.41) is 0.703. The molecule has 1 aliphatic heterocycles. The molecule has 4 heteroatoms. The Bertz CT molecular complexity index is 546. The van der Waals surface area contributed by atoms with Crippen LogP contribution in [0.4, 0.5) is 0 Å². The molecule has 2 heterocycles. The van der Waals surface area contributed by atoms with Crippen LogP contribution in [0.5, 0.6) is 5.75 Å². The van der Waals surface area contributed by atoms with E-state index in [9.17, 15) is 0 Å². The topological polar surface area (TPSA) is 37.9 Å². The van der Waals surface area contributed by atoms with Crippen molar-refractivity contribution in [1.29, 1.82) is 0 Å². The zero-order chi connectivity index (χ0) is 11.0. The fourth-order valence-electron chi connectivity index (χ4n) is 1.82. The van der Waals surface area contributed by atoms with Crippen LogP contribution in [-0.2, 0) is 0 Å². The molecule has 0 aliphatic carbocycles. The lowest BCUT2D eigenvalue weighted by atomic mass is 10.0. The van der Waals surface area contributed by atoms with E-state index >= 15 is 0 Å². The number of nitrogens with zero attached hydrogens (tertiary/aromatic N) is 1. The zero-order valence-electron chi connectivity index (χ0n) is 8.40. The molecule has 0 spiro atoms. The molecule has 16 heavy (non-hydrogen) atoms. The zero-order valence-corrected chi connectivity index (χ0v) is 9.16. The summed E-state index contributed by atoms with van der Waals surface area (Å²) in [6, 6.07) is 5.63. The molecule has 2 aromatic rings. The van der Waals surface area contributed by atoms with Crippen molar-refractivity contribution in [1.82, 2.24) is 9.97 Å². The number of benzene rings is 1. The Morgan fingerprint density at radius 1 is 1.38 bits per heavy atom. The van der Waals surface area contributed by atoms with Crippen molar-refractivity contribution in [2.45, 2.75) is 0 Å². The Labute approximate surface area is 97.7 Å². The molecule has 3 nitrogen and oxygen atoms in total. The lowest BCUT2D eigenvalue weighted by Crippen LogP contribution is -2.05. The standard InChI is InChI=1S/C12H9ClN2O/c13-8-1-2-12-10(5-8)9(3-4-16-12)11-6-14-7-15-11/h1-3,5-7H,4H2,(H,14,15). The number of hydrogen-bond donors (Lipinski definition) is 1. The van der Waals surface area contributed by atoms with E-state index in [1.165, 1.54) is 0 Å². The van der Waals surface area contributed by atoms with E-state index in [0.717, 1.165) is 22.6 Å². The molecule has 0 saturated carbocycles. The fraction of sp³-hybridized carbons (Fsp3) is 0.0833. The molecule has 0 radical (unpaired) electrons. The Morgan fingerprint density at radius 3 is 3.12 bits per heavy atom. The largest absolute Gasteiger partial charge is 0.489 e. The van der Waals surface area contributed by atoms with Gasteiger partial charge < -0.3 is 9.72 Å². The molecule has 0 bridgehead atoms. The van der Waals surface area contributed by atoms with Crippen molar-refractivity contribution in [3.05, 3.63) is 53.1 Å². The molecule has 0 amide bonds. The molecule has 0 fully saturated rings. The normalized spacial score (nSPS) is 13.9. The third kappa shape index (κ3) is 1.49. The van der Waals surface area contributed by atoms with Crippen LogP contribution in [0, 0.1) is 0 Å². The van der Waals surface area contributed by atoms with Crippen LogP contribution >= 0.6 is 11.6 Å². The molecule has 1 aliphatic rings. The maximum atomic E-state index is 5.99. The minimum absolute atomic E-state index is 0.572. The number of imidazole rings is 1. The van der Waals surface area contributed by atoms with Crippen LogP contribution in [0.15, 0.2) is 36.8 Å². The predicted molar refractivity (Wildman–Crippen MR) is 62.6 cm³/mol. The SMILES string of the molecule is Clc1ccc2c(c1)C(c1cnc[nH]1)=CCO2. The van der Waals surface area contributed by atoms with Gasteiger partial charge in [0.2, 0.25) is 0 Å². The first-order chi connectivity index (χ1) is 7.84. The number of rotatable bonds is 1. The van der Waals surface area contributed by atoms with Crippen LogP contribution in [0.25, 0.3) is 5.57 Å². The summed E-state index contributed by atoms with van der Waals surface area (Å²) in [4.78, 5) is 7.11. The van der Waals surface area contributed by atoms with Crippen LogP contribution in [0.1, 0.15) is 11.3 Å². The number of nitrogens with one attached hydrogen (secondary N) is 1. The highest BCUT2D eigenvalue weighted by atomic mass is 35.5. The van der Waals surface area contributed by atoms with Crippen LogP contribution < -0.4 is 4.74 Å². The van der Waals surface area contributed by atoms with Gasteiger partial charge in [-0.3, -0.25) is 0 Å². The van der Waals surface area contributed by atoms with Gasteiger partial charge in [-0.2, -0.15) is 0 Å². The van der Waals surface area contributed by atoms with Crippen molar-refractivity contribution in [3.8, 4) is 5.75 Å². The smallest absolute Gasteiger partial charge is 0.127 e. The van der Waals surface area contributed by atoms with Gasteiger partial charge in [-0.15, -0.1) is 0 Å². The van der Waals surface area contributed by atoms with Gasteiger partial charge >= 0.3 is 0 Å². The third-order valence-electron chi connectivity index (χ3n) is 2.55. The van der Waals surface area contributed by atoms with Gasteiger partial charge in [-0.25, -0.2) is 4.98 Å². The van der Waals surface area contributed by atoms with Crippen molar-refractivity contribution < 1.29 is 4.74 Å². The van der Waals surface area contributed by atoms with Crippen LogP contribution in [0.3, 0.4) is 0 Å². The highest BCUT2D eigenvalue weighted by Gasteiger charge is 2.16. The summed E-state index contributed by atoms with van der Waals surface area (Å²) in [5.41, 5.74) is 3.07. The monoisotopic (exact) mass is 232 g/mol. The van der Waals surface area contributed by atoms with Gasteiger partial charge in [0.1, 0.15) is 12.4 Å². The number of aromatic nitrogens is 2. The van der Waals surface area contributed by atoms with Crippen molar-refractivity contribution in [3.63, 3.8) is 0 Å². The maximum Gasteiger partial charge on any atom is 0.127 e. The molecular weight excluding hydrogens is 224 g/mol. The second-order valence-electron chi connectivity index (χ2n) is 3.53. The minimum atomic E-state index is 0.572. The molecule has 1 aromatic carbocycles. The molecule has 80 valence electrons. The van der Waals surface area contributed by atoms with E-state index in [-0.39, 0.29) is 0 Å². The van der Waals surface area contributed by atoms with E-state index in [2.05, 4.69) is 9.97 Å². The van der Waals surface area contributed by atoms with Crippen molar-refractivity contribution in [2.75, 3.05) is 6.61 Å². The lowest BCUT2D eigenvalue weighted by molar-refractivity contribution is 0.357. The highest BCUT2D eigenvalue weighted by Crippen LogP contribution is 2.34. The number of hydrogen-bond acceptors (Lipinski definition) is 2. The molecule has 0 atom stereocenters. The summed E-state index contributed by atoms with van der Waals surface area (Å²) < 4.78 is 5.54. The summed E-state index contributed by atoms with van der Waals surface area (Å²) in [6.45, 7) is 0.572. The average Bonchev–Trinajstić information content (AvgIpc) is 2.81. The second-order valence-corrected chi connectivity index (χ2v) is 3.97. The first kappa shape index (κ1) is 9.48. The van der Waals surface area contributed by atoms with Gasteiger partial charge in [0.15, 0.2) is 0 Å². The van der Waals surface area contributed by atoms with Gasteiger partial charge in [-0.05, 0) is 24.3 Å². The number of ether oxygens (including phenoxy) is 1. The van der Waals surface area contributed by atoms with Crippen LogP contribution in [0.2, 0.25) is 5.02 Å².